The number of β-amino-alcohol motifs (C(OH)–C–C–N with tert-alkyl or cyclic N) is 1. The van der Waals surface area contributed by atoms with E-state index >= 15 is 0 Å². The van der Waals surface area contributed by atoms with E-state index in [4.69, 9.17) is 4.74 Å². The van der Waals surface area contributed by atoms with Crippen molar-refractivity contribution >= 4 is 0 Å². The van der Waals surface area contributed by atoms with Gasteiger partial charge in [-0.1, -0.05) is 20.8 Å². The van der Waals surface area contributed by atoms with Gasteiger partial charge in [-0.3, -0.25) is 4.90 Å². The Labute approximate surface area is 136 Å². The van der Waals surface area contributed by atoms with Gasteiger partial charge < -0.3 is 15.2 Å². The molecular weight excluding hydrogens is 276 g/mol. The normalized spacial score (nSPS) is 31.0. The molecular formula is C18H36N2O2. The SMILES string of the molecule is CC(O)(CNC1CCC(C(C)(C)C)CC1)CN1CCOCC1. The Kier molecular flexibility index (Phi) is 6.29. The van der Waals surface area contributed by atoms with Crippen LogP contribution < -0.4 is 5.32 Å². The third-order valence-corrected chi connectivity index (χ3v) is 5.39. The maximum Gasteiger partial charge on any atom is 0.0869 e. The summed E-state index contributed by atoms with van der Waals surface area (Å²) in [6.07, 6.45) is 5.12. The molecule has 2 aliphatic rings. The Morgan fingerprint density at radius 2 is 1.64 bits per heavy atom. The fraction of sp³-hybridized carbons (Fsp3) is 1.00. The number of nitrogens with one attached hydrogen (secondary N) is 1. The fourth-order valence-electron chi connectivity index (χ4n) is 3.82. The van der Waals surface area contributed by atoms with Gasteiger partial charge in [-0.2, -0.15) is 0 Å². The van der Waals surface area contributed by atoms with Crippen molar-refractivity contribution in [2.45, 2.75) is 65.0 Å². The molecule has 0 aromatic rings. The van der Waals surface area contributed by atoms with Crippen molar-refractivity contribution in [3.05, 3.63) is 0 Å². The van der Waals surface area contributed by atoms with Gasteiger partial charge in [0.25, 0.3) is 0 Å². The highest BCUT2D eigenvalue weighted by molar-refractivity contribution is 4.87. The van der Waals surface area contributed by atoms with Crippen molar-refractivity contribution in [2.75, 3.05) is 39.4 Å². The van der Waals surface area contributed by atoms with E-state index in [1.807, 2.05) is 6.92 Å². The average molecular weight is 312 g/mol. The van der Waals surface area contributed by atoms with Gasteiger partial charge in [0.2, 0.25) is 0 Å². The third-order valence-electron chi connectivity index (χ3n) is 5.39. The molecule has 4 nitrogen and oxygen atoms in total. The Hall–Kier alpha value is -0.160. The Morgan fingerprint density at radius 3 is 2.18 bits per heavy atom. The van der Waals surface area contributed by atoms with Gasteiger partial charge in [-0.15, -0.1) is 0 Å². The summed E-state index contributed by atoms with van der Waals surface area (Å²) in [7, 11) is 0. The molecule has 22 heavy (non-hydrogen) atoms. The molecule has 1 atom stereocenters. The molecule has 2 N–H and O–H groups in total. The number of nitrogens with zero attached hydrogens (tertiary/aromatic N) is 1. The maximum atomic E-state index is 10.6. The van der Waals surface area contributed by atoms with Crippen LogP contribution in [0.15, 0.2) is 0 Å². The lowest BCUT2D eigenvalue weighted by atomic mass is 9.71. The lowest BCUT2D eigenvalue weighted by molar-refractivity contribution is -0.0237. The van der Waals surface area contributed by atoms with Crippen molar-refractivity contribution in [1.82, 2.24) is 10.2 Å². The van der Waals surface area contributed by atoms with Gasteiger partial charge in [-0.05, 0) is 43.9 Å². The summed E-state index contributed by atoms with van der Waals surface area (Å²) in [5.74, 6) is 0.847. The zero-order valence-electron chi connectivity index (χ0n) is 15.0. The summed E-state index contributed by atoms with van der Waals surface area (Å²) in [4.78, 5) is 2.31. The molecule has 2 rings (SSSR count). The second kappa shape index (κ2) is 7.61. The van der Waals surface area contributed by atoms with Gasteiger partial charge in [0.05, 0.1) is 18.8 Å². The lowest BCUT2D eigenvalue weighted by Gasteiger charge is -2.39. The van der Waals surface area contributed by atoms with Crippen LogP contribution >= 0.6 is 0 Å². The van der Waals surface area contributed by atoms with Crippen molar-refractivity contribution in [2.24, 2.45) is 11.3 Å². The van der Waals surface area contributed by atoms with E-state index in [0.29, 0.717) is 18.0 Å². The highest BCUT2D eigenvalue weighted by atomic mass is 16.5. The van der Waals surface area contributed by atoms with Gasteiger partial charge in [0.15, 0.2) is 0 Å². The monoisotopic (exact) mass is 312 g/mol. The van der Waals surface area contributed by atoms with E-state index in [0.717, 1.165) is 38.8 Å². The molecule has 1 saturated heterocycles. The van der Waals surface area contributed by atoms with Gasteiger partial charge in [-0.25, -0.2) is 0 Å². The summed E-state index contributed by atoms with van der Waals surface area (Å²) >= 11 is 0. The topological polar surface area (TPSA) is 44.7 Å². The van der Waals surface area contributed by atoms with E-state index in [1.165, 1.54) is 25.7 Å². The van der Waals surface area contributed by atoms with Crippen LogP contribution in [-0.2, 0) is 4.74 Å². The number of morpholine rings is 1. The molecule has 2 fully saturated rings. The number of hydrogen-bond acceptors (Lipinski definition) is 4. The maximum absolute atomic E-state index is 10.6. The second-order valence-electron chi connectivity index (χ2n) is 8.68. The van der Waals surface area contributed by atoms with Crippen LogP contribution in [-0.4, -0.2) is 61.0 Å². The first-order chi connectivity index (χ1) is 10.3. The van der Waals surface area contributed by atoms with Crippen LogP contribution in [0.4, 0.5) is 0 Å². The van der Waals surface area contributed by atoms with Gasteiger partial charge >= 0.3 is 0 Å². The van der Waals surface area contributed by atoms with Crippen molar-refractivity contribution in [3.8, 4) is 0 Å². The predicted molar refractivity (Wildman–Crippen MR) is 91.1 cm³/mol. The molecule has 0 aromatic heterocycles. The third kappa shape index (κ3) is 5.80. The molecule has 1 aliphatic heterocycles. The minimum atomic E-state index is -0.655. The minimum absolute atomic E-state index is 0.437. The highest BCUT2D eigenvalue weighted by Gasteiger charge is 2.31. The second-order valence-corrected chi connectivity index (χ2v) is 8.68. The molecule has 1 aliphatic carbocycles. The molecule has 4 heteroatoms. The summed E-state index contributed by atoms with van der Waals surface area (Å²) < 4.78 is 5.37. The van der Waals surface area contributed by atoms with Crippen LogP contribution in [0.5, 0.6) is 0 Å². The zero-order valence-corrected chi connectivity index (χ0v) is 15.0. The van der Waals surface area contributed by atoms with Gasteiger partial charge in [0.1, 0.15) is 0 Å². The molecule has 0 spiro atoms. The number of hydrogen-bond donors (Lipinski definition) is 2. The summed E-state index contributed by atoms with van der Waals surface area (Å²) in [5, 5.41) is 14.2. The van der Waals surface area contributed by atoms with Crippen LogP contribution in [0.1, 0.15) is 53.4 Å². The molecule has 1 unspecified atom stereocenters. The Balaban J connectivity index is 1.69. The number of rotatable bonds is 5. The fourth-order valence-corrected chi connectivity index (χ4v) is 3.82. The summed E-state index contributed by atoms with van der Waals surface area (Å²) in [6.45, 7) is 13.9. The van der Waals surface area contributed by atoms with Crippen LogP contribution in [0.2, 0.25) is 0 Å². The molecule has 1 saturated carbocycles. The highest BCUT2D eigenvalue weighted by Crippen LogP contribution is 2.37. The van der Waals surface area contributed by atoms with Crippen LogP contribution in [0, 0.1) is 11.3 Å². The molecule has 1 heterocycles. The summed E-state index contributed by atoms with van der Waals surface area (Å²) in [5.41, 5.74) is -0.217. The Bertz CT molecular complexity index is 324. The largest absolute Gasteiger partial charge is 0.388 e. The molecule has 130 valence electrons. The standard InChI is InChI=1S/C18H36N2O2/c1-17(2,3)15-5-7-16(8-6-15)19-13-18(4,21)14-20-9-11-22-12-10-20/h15-16,19,21H,5-14H2,1-4H3. The van der Waals surface area contributed by atoms with Crippen LogP contribution in [0.25, 0.3) is 0 Å². The van der Waals surface area contributed by atoms with E-state index in [1.54, 1.807) is 0 Å². The zero-order chi connectivity index (χ0) is 16.2. The predicted octanol–water partition coefficient (Wildman–Crippen LogP) is 2.26. The smallest absolute Gasteiger partial charge is 0.0869 e. The summed E-state index contributed by atoms with van der Waals surface area (Å²) in [6, 6.07) is 0.578. The number of ether oxygens (including phenoxy) is 1. The van der Waals surface area contributed by atoms with Crippen LogP contribution in [0.3, 0.4) is 0 Å². The van der Waals surface area contributed by atoms with E-state index in [2.05, 4.69) is 31.0 Å². The first kappa shape index (κ1) is 18.2. The lowest BCUT2D eigenvalue weighted by Crippen LogP contribution is -2.52. The quantitative estimate of drug-likeness (QED) is 0.817. The van der Waals surface area contributed by atoms with Crippen molar-refractivity contribution in [3.63, 3.8) is 0 Å². The Morgan fingerprint density at radius 1 is 1.05 bits per heavy atom. The average Bonchev–Trinajstić information content (AvgIpc) is 2.45. The van der Waals surface area contributed by atoms with Crippen molar-refractivity contribution < 1.29 is 9.84 Å². The number of aliphatic hydroxyl groups is 1. The first-order valence-corrected chi connectivity index (χ1v) is 9.02. The first-order valence-electron chi connectivity index (χ1n) is 9.02. The van der Waals surface area contributed by atoms with E-state index < -0.39 is 5.60 Å². The minimum Gasteiger partial charge on any atom is -0.388 e. The van der Waals surface area contributed by atoms with E-state index in [9.17, 15) is 5.11 Å². The van der Waals surface area contributed by atoms with E-state index in [-0.39, 0.29) is 0 Å². The molecule has 0 aromatic carbocycles. The molecule has 0 amide bonds. The molecule has 0 radical (unpaired) electrons. The van der Waals surface area contributed by atoms with Crippen molar-refractivity contribution in [1.29, 1.82) is 0 Å². The van der Waals surface area contributed by atoms with Gasteiger partial charge in [0, 0.05) is 32.2 Å². The molecule has 0 bridgehead atoms.